The standard InChI is InChI=1S/C14H12ClNO3/c1-10-11(3-2-4-14(10)16(17)18)9-19-13-7-5-12(15)6-8-13/h2-8H,9H2,1H3. The van der Waals surface area contributed by atoms with E-state index < -0.39 is 0 Å². The molecule has 0 heterocycles. The Bertz CT molecular complexity index is 596. The lowest BCUT2D eigenvalue weighted by Gasteiger charge is -2.09. The second kappa shape index (κ2) is 5.71. The van der Waals surface area contributed by atoms with Crippen LogP contribution in [-0.2, 0) is 6.61 Å². The molecule has 0 fully saturated rings. The van der Waals surface area contributed by atoms with Gasteiger partial charge in [-0.15, -0.1) is 0 Å². The van der Waals surface area contributed by atoms with Crippen molar-refractivity contribution < 1.29 is 9.66 Å². The SMILES string of the molecule is Cc1c(COc2ccc(Cl)cc2)cccc1[N+](=O)[O-]. The summed E-state index contributed by atoms with van der Waals surface area (Å²) in [6.45, 7) is 2.01. The molecule has 0 N–H and O–H groups in total. The molecule has 0 aromatic heterocycles. The van der Waals surface area contributed by atoms with Crippen molar-refractivity contribution in [1.82, 2.24) is 0 Å². The lowest BCUT2D eigenvalue weighted by Crippen LogP contribution is -2.00. The highest BCUT2D eigenvalue weighted by Crippen LogP contribution is 2.23. The minimum Gasteiger partial charge on any atom is -0.489 e. The quantitative estimate of drug-likeness (QED) is 0.623. The van der Waals surface area contributed by atoms with Gasteiger partial charge in [0.15, 0.2) is 0 Å². The van der Waals surface area contributed by atoms with Crippen molar-refractivity contribution in [3.63, 3.8) is 0 Å². The van der Waals surface area contributed by atoms with E-state index in [4.69, 9.17) is 16.3 Å². The summed E-state index contributed by atoms with van der Waals surface area (Å²) in [7, 11) is 0. The zero-order valence-corrected chi connectivity index (χ0v) is 11.1. The van der Waals surface area contributed by atoms with Crippen LogP contribution in [0, 0.1) is 17.0 Å². The maximum atomic E-state index is 10.8. The van der Waals surface area contributed by atoms with Crippen molar-refractivity contribution in [2.75, 3.05) is 0 Å². The van der Waals surface area contributed by atoms with Gasteiger partial charge in [0.1, 0.15) is 12.4 Å². The van der Waals surface area contributed by atoms with E-state index in [1.165, 1.54) is 6.07 Å². The molecule has 2 rings (SSSR count). The summed E-state index contributed by atoms with van der Waals surface area (Å²) in [5, 5.41) is 11.5. The third-order valence-corrected chi connectivity index (χ3v) is 3.07. The van der Waals surface area contributed by atoms with E-state index >= 15 is 0 Å². The molecule has 0 aliphatic carbocycles. The Morgan fingerprint density at radius 1 is 1.21 bits per heavy atom. The maximum absolute atomic E-state index is 10.8. The predicted molar refractivity (Wildman–Crippen MR) is 73.6 cm³/mol. The van der Waals surface area contributed by atoms with Crippen LogP contribution in [0.3, 0.4) is 0 Å². The molecule has 19 heavy (non-hydrogen) atoms. The van der Waals surface area contributed by atoms with Crippen LogP contribution in [0.2, 0.25) is 5.02 Å². The number of ether oxygens (including phenoxy) is 1. The molecule has 4 nitrogen and oxygen atoms in total. The topological polar surface area (TPSA) is 52.4 Å². The molecule has 5 heteroatoms. The first-order valence-electron chi connectivity index (χ1n) is 5.69. The number of hydrogen-bond acceptors (Lipinski definition) is 3. The largest absolute Gasteiger partial charge is 0.489 e. The third kappa shape index (κ3) is 3.23. The normalized spacial score (nSPS) is 10.2. The van der Waals surface area contributed by atoms with Crippen LogP contribution in [0.25, 0.3) is 0 Å². The van der Waals surface area contributed by atoms with Gasteiger partial charge in [-0.3, -0.25) is 10.1 Å². The van der Waals surface area contributed by atoms with E-state index in [1.807, 2.05) is 6.07 Å². The van der Waals surface area contributed by atoms with E-state index in [9.17, 15) is 10.1 Å². The summed E-state index contributed by atoms with van der Waals surface area (Å²) in [6.07, 6.45) is 0. The van der Waals surface area contributed by atoms with Crippen LogP contribution in [0.4, 0.5) is 5.69 Å². The molecule has 98 valence electrons. The molecule has 0 spiro atoms. The van der Waals surface area contributed by atoms with Crippen molar-refractivity contribution in [2.24, 2.45) is 0 Å². The Labute approximate surface area is 115 Å². The number of halogens is 1. The minimum absolute atomic E-state index is 0.109. The zero-order valence-electron chi connectivity index (χ0n) is 10.3. The molecule has 0 saturated carbocycles. The van der Waals surface area contributed by atoms with Crippen molar-refractivity contribution in [1.29, 1.82) is 0 Å². The Morgan fingerprint density at radius 3 is 2.53 bits per heavy atom. The minimum atomic E-state index is -0.388. The molecule has 2 aromatic rings. The smallest absolute Gasteiger partial charge is 0.272 e. The van der Waals surface area contributed by atoms with Crippen LogP contribution < -0.4 is 4.74 Å². The first kappa shape index (κ1) is 13.4. The molecule has 0 bridgehead atoms. The van der Waals surface area contributed by atoms with E-state index in [-0.39, 0.29) is 17.2 Å². The van der Waals surface area contributed by atoms with Crippen LogP contribution in [0.15, 0.2) is 42.5 Å². The first-order chi connectivity index (χ1) is 9.08. The van der Waals surface area contributed by atoms with Gasteiger partial charge in [0, 0.05) is 16.7 Å². The van der Waals surface area contributed by atoms with Crippen LogP contribution >= 0.6 is 11.6 Å². The van der Waals surface area contributed by atoms with Crippen molar-refractivity contribution in [2.45, 2.75) is 13.5 Å². The van der Waals surface area contributed by atoms with Gasteiger partial charge in [0.25, 0.3) is 5.69 Å². The highest BCUT2D eigenvalue weighted by molar-refractivity contribution is 6.30. The summed E-state index contributed by atoms with van der Waals surface area (Å²) in [6, 6.07) is 11.9. The van der Waals surface area contributed by atoms with E-state index in [0.717, 1.165) is 5.56 Å². The Kier molecular flexibility index (Phi) is 4.02. The molecule has 0 unspecified atom stereocenters. The van der Waals surface area contributed by atoms with Gasteiger partial charge in [0.05, 0.1) is 4.92 Å². The Balaban J connectivity index is 2.13. The number of nitro groups is 1. The molecule has 0 amide bonds. The van der Waals surface area contributed by atoms with Crippen molar-refractivity contribution in [3.8, 4) is 5.75 Å². The highest BCUT2D eigenvalue weighted by Gasteiger charge is 2.13. The fourth-order valence-electron chi connectivity index (χ4n) is 1.72. The Hall–Kier alpha value is -2.07. The average molecular weight is 278 g/mol. The van der Waals surface area contributed by atoms with Gasteiger partial charge >= 0.3 is 0 Å². The third-order valence-electron chi connectivity index (χ3n) is 2.82. The summed E-state index contributed by atoms with van der Waals surface area (Å²) in [5.74, 6) is 0.676. The maximum Gasteiger partial charge on any atom is 0.272 e. The lowest BCUT2D eigenvalue weighted by molar-refractivity contribution is -0.385. The number of hydrogen-bond donors (Lipinski definition) is 0. The lowest BCUT2D eigenvalue weighted by atomic mass is 10.1. The van der Waals surface area contributed by atoms with Gasteiger partial charge in [-0.05, 0) is 36.8 Å². The number of rotatable bonds is 4. The van der Waals surface area contributed by atoms with Gasteiger partial charge in [-0.2, -0.15) is 0 Å². The summed E-state index contributed by atoms with van der Waals surface area (Å²) in [5.41, 5.74) is 1.53. The van der Waals surface area contributed by atoms with Crippen LogP contribution in [0.5, 0.6) is 5.75 Å². The fourth-order valence-corrected chi connectivity index (χ4v) is 1.84. The molecule has 2 aromatic carbocycles. The molecular weight excluding hydrogens is 266 g/mol. The summed E-state index contributed by atoms with van der Waals surface area (Å²) >= 11 is 5.78. The first-order valence-corrected chi connectivity index (χ1v) is 6.07. The van der Waals surface area contributed by atoms with Crippen molar-refractivity contribution in [3.05, 3.63) is 68.7 Å². The molecule has 0 aliphatic heterocycles. The number of nitro benzene ring substituents is 1. The molecular formula is C14H12ClNO3. The summed E-state index contributed by atoms with van der Waals surface area (Å²) in [4.78, 5) is 10.4. The van der Waals surface area contributed by atoms with Crippen LogP contribution in [-0.4, -0.2) is 4.92 Å². The van der Waals surface area contributed by atoms with E-state index in [0.29, 0.717) is 16.3 Å². The second-order valence-corrected chi connectivity index (χ2v) is 4.50. The van der Waals surface area contributed by atoms with E-state index in [2.05, 4.69) is 0 Å². The molecule has 0 atom stereocenters. The molecule has 0 saturated heterocycles. The van der Waals surface area contributed by atoms with Gasteiger partial charge < -0.3 is 4.74 Å². The molecule has 0 radical (unpaired) electrons. The number of benzene rings is 2. The molecule has 0 aliphatic rings. The van der Waals surface area contributed by atoms with E-state index in [1.54, 1.807) is 37.3 Å². The zero-order chi connectivity index (χ0) is 13.8. The van der Waals surface area contributed by atoms with Gasteiger partial charge in [0.2, 0.25) is 0 Å². The second-order valence-electron chi connectivity index (χ2n) is 4.06. The summed E-state index contributed by atoms with van der Waals surface area (Å²) < 4.78 is 5.58. The Morgan fingerprint density at radius 2 is 1.89 bits per heavy atom. The average Bonchev–Trinajstić information content (AvgIpc) is 2.39. The number of nitrogens with zero attached hydrogens (tertiary/aromatic N) is 1. The fraction of sp³-hybridized carbons (Fsp3) is 0.143. The van der Waals surface area contributed by atoms with Gasteiger partial charge in [-0.25, -0.2) is 0 Å². The predicted octanol–water partition coefficient (Wildman–Crippen LogP) is 4.14. The monoisotopic (exact) mass is 277 g/mol. The van der Waals surface area contributed by atoms with Crippen LogP contribution in [0.1, 0.15) is 11.1 Å². The highest BCUT2D eigenvalue weighted by atomic mass is 35.5. The van der Waals surface area contributed by atoms with Crippen molar-refractivity contribution >= 4 is 17.3 Å². The van der Waals surface area contributed by atoms with Gasteiger partial charge in [-0.1, -0.05) is 23.7 Å².